The first kappa shape index (κ1) is 12.0. The van der Waals surface area contributed by atoms with Gasteiger partial charge in [0.15, 0.2) is 5.58 Å². The first-order valence-electron chi connectivity index (χ1n) is 6.79. The van der Waals surface area contributed by atoms with E-state index in [1.807, 2.05) is 24.3 Å². The van der Waals surface area contributed by atoms with Crippen LogP contribution in [0.2, 0.25) is 0 Å². The highest BCUT2D eigenvalue weighted by atomic mass is 16.3. The molecule has 0 aliphatic carbocycles. The number of hydrogen-bond acceptors (Lipinski definition) is 2. The van der Waals surface area contributed by atoms with Gasteiger partial charge in [-0.05, 0) is 48.2 Å². The van der Waals surface area contributed by atoms with Gasteiger partial charge in [-0.1, -0.05) is 32.0 Å². The van der Waals surface area contributed by atoms with Gasteiger partial charge >= 0.3 is 0 Å². The van der Waals surface area contributed by atoms with E-state index < -0.39 is 0 Å². The van der Waals surface area contributed by atoms with Gasteiger partial charge in [-0.2, -0.15) is 0 Å². The van der Waals surface area contributed by atoms with Crippen molar-refractivity contribution in [1.29, 1.82) is 0 Å². The molecule has 0 aliphatic rings. The van der Waals surface area contributed by atoms with Crippen LogP contribution in [0.1, 0.15) is 25.0 Å². The standard InChI is InChI=1S/C17H17NO/c1-3-12-9-13(4-2)11-14(10-12)17-18-15-7-5-6-8-16(15)19-17/h5-11H,3-4H2,1-2H3. The van der Waals surface area contributed by atoms with Crippen molar-refractivity contribution in [3.8, 4) is 11.5 Å². The summed E-state index contributed by atoms with van der Waals surface area (Å²) in [5.74, 6) is 0.714. The van der Waals surface area contributed by atoms with E-state index in [4.69, 9.17) is 4.42 Å². The fourth-order valence-corrected chi connectivity index (χ4v) is 2.29. The van der Waals surface area contributed by atoms with Crippen LogP contribution in [0.25, 0.3) is 22.6 Å². The van der Waals surface area contributed by atoms with Crippen molar-refractivity contribution in [3.05, 3.63) is 53.6 Å². The Bertz CT molecular complexity index is 657. The van der Waals surface area contributed by atoms with E-state index in [-0.39, 0.29) is 0 Å². The van der Waals surface area contributed by atoms with Gasteiger partial charge in [0.05, 0.1) is 0 Å². The average Bonchev–Trinajstić information content (AvgIpc) is 2.90. The fourth-order valence-electron chi connectivity index (χ4n) is 2.29. The molecule has 0 bridgehead atoms. The number of hydrogen-bond donors (Lipinski definition) is 0. The first-order valence-corrected chi connectivity index (χ1v) is 6.79. The summed E-state index contributed by atoms with van der Waals surface area (Å²) in [4.78, 5) is 4.57. The lowest BCUT2D eigenvalue weighted by Gasteiger charge is -2.04. The van der Waals surface area contributed by atoms with Crippen molar-refractivity contribution in [1.82, 2.24) is 4.98 Å². The van der Waals surface area contributed by atoms with Crippen molar-refractivity contribution < 1.29 is 4.42 Å². The van der Waals surface area contributed by atoms with Crippen LogP contribution in [-0.4, -0.2) is 4.98 Å². The number of benzene rings is 2. The van der Waals surface area contributed by atoms with Gasteiger partial charge in [0, 0.05) is 5.56 Å². The van der Waals surface area contributed by atoms with E-state index >= 15 is 0 Å². The van der Waals surface area contributed by atoms with Gasteiger partial charge in [-0.25, -0.2) is 4.98 Å². The summed E-state index contributed by atoms with van der Waals surface area (Å²) in [6.07, 6.45) is 2.06. The molecule has 0 saturated carbocycles. The summed E-state index contributed by atoms with van der Waals surface area (Å²) in [6.45, 7) is 4.34. The van der Waals surface area contributed by atoms with E-state index in [0.29, 0.717) is 5.89 Å². The Morgan fingerprint density at radius 1 is 0.947 bits per heavy atom. The summed E-state index contributed by atoms with van der Waals surface area (Å²) >= 11 is 0. The SMILES string of the molecule is CCc1cc(CC)cc(-c2nc3ccccc3o2)c1. The number of nitrogens with zero attached hydrogens (tertiary/aromatic N) is 1. The molecule has 3 aromatic rings. The molecule has 1 aromatic heterocycles. The third-order valence-corrected chi connectivity index (χ3v) is 3.41. The zero-order valence-electron chi connectivity index (χ0n) is 11.3. The van der Waals surface area contributed by atoms with Crippen LogP contribution in [0.4, 0.5) is 0 Å². The third-order valence-electron chi connectivity index (χ3n) is 3.41. The minimum Gasteiger partial charge on any atom is -0.436 e. The largest absolute Gasteiger partial charge is 0.436 e. The molecule has 2 aromatic carbocycles. The van der Waals surface area contributed by atoms with Gasteiger partial charge in [-0.15, -0.1) is 0 Å². The lowest BCUT2D eigenvalue weighted by atomic mass is 10.0. The quantitative estimate of drug-likeness (QED) is 0.679. The lowest BCUT2D eigenvalue weighted by molar-refractivity contribution is 0.619. The molecule has 0 N–H and O–H groups in total. The molecule has 2 nitrogen and oxygen atoms in total. The van der Waals surface area contributed by atoms with Gasteiger partial charge in [0.2, 0.25) is 5.89 Å². The summed E-state index contributed by atoms with van der Waals surface area (Å²) in [5, 5.41) is 0. The second-order valence-electron chi connectivity index (χ2n) is 4.73. The monoisotopic (exact) mass is 251 g/mol. The molecular weight excluding hydrogens is 234 g/mol. The zero-order valence-corrected chi connectivity index (χ0v) is 11.3. The minimum absolute atomic E-state index is 0.714. The Hall–Kier alpha value is -2.09. The van der Waals surface area contributed by atoms with E-state index in [9.17, 15) is 0 Å². The number of aryl methyl sites for hydroxylation is 2. The molecular formula is C17H17NO. The predicted octanol–water partition coefficient (Wildman–Crippen LogP) is 4.62. The smallest absolute Gasteiger partial charge is 0.227 e. The third kappa shape index (κ3) is 2.26. The van der Waals surface area contributed by atoms with Crippen LogP contribution in [0.3, 0.4) is 0 Å². The molecule has 0 amide bonds. The van der Waals surface area contributed by atoms with Gasteiger partial charge in [0.1, 0.15) is 5.52 Å². The molecule has 0 spiro atoms. The van der Waals surface area contributed by atoms with E-state index in [1.54, 1.807) is 0 Å². The molecule has 0 atom stereocenters. The molecule has 3 rings (SSSR count). The van der Waals surface area contributed by atoms with Crippen molar-refractivity contribution in [2.75, 3.05) is 0 Å². The minimum atomic E-state index is 0.714. The van der Waals surface area contributed by atoms with Gasteiger partial charge < -0.3 is 4.42 Å². The Kier molecular flexibility index (Phi) is 3.08. The van der Waals surface area contributed by atoms with Crippen molar-refractivity contribution in [3.63, 3.8) is 0 Å². The van der Waals surface area contributed by atoms with Crippen molar-refractivity contribution in [2.24, 2.45) is 0 Å². The Balaban J connectivity index is 2.14. The Morgan fingerprint density at radius 2 is 1.63 bits per heavy atom. The fraction of sp³-hybridized carbons (Fsp3) is 0.235. The molecule has 0 aliphatic heterocycles. The molecule has 0 radical (unpaired) electrons. The molecule has 0 fully saturated rings. The normalized spacial score (nSPS) is 11.1. The maximum Gasteiger partial charge on any atom is 0.227 e. The van der Waals surface area contributed by atoms with Crippen molar-refractivity contribution >= 4 is 11.1 Å². The van der Waals surface area contributed by atoms with Crippen molar-refractivity contribution in [2.45, 2.75) is 26.7 Å². The Morgan fingerprint density at radius 3 is 2.26 bits per heavy atom. The predicted molar refractivity (Wildman–Crippen MR) is 78.2 cm³/mol. The van der Waals surface area contributed by atoms with Crippen LogP contribution in [0.5, 0.6) is 0 Å². The first-order chi connectivity index (χ1) is 9.30. The number of fused-ring (bicyclic) bond motifs is 1. The number of oxazole rings is 1. The zero-order chi connectivity index (χ0) is 13.2. The van der Waals surface area contributed by atoms with E-state index in [2.05, 4.69) is 37.0 Å². The van der Waals surface area contributed by atoms with Gasteiger partial charge in [0.25, 0.3) is 0 Å². The van der Waals surface area contributed by atoms with E-state index in [0.717, 1.165) is 29.5 Å². The highest BCUT2D eigenvalue weighted by Crippen LogP contribution is 2.26. The molecule has 2 heteroatoms. The highest BCUT2D eigenvalue weighted by Gasteiger charge is 2.09. The number of rotatable bonds is 3. The molecule has 19 heavy (non-hydrogen) atoms. The molecule has 96 valence electrons. The maximum absolute atomic E-state index is 5.84. The van der Waals surface area contributed by atoms with E-state index in [1.165, 1.54) is 11.1 Å². The summed E-state index contributed by atoms with van der Waals surface area (Å²) in [5.41, 5.74) is 5.50. The number of para-hydroxylation sites is 2. The van der Waals surface area contributed by atoms with Crippen LogP contribution in [0.15, 0.2) is 46.9 Å². The van der Waals surface area contributed by atoms with Gasteiger partial charge in [-0.3, -0.25) is 0 Å². The van der Waals surface area contributed by atoms with Crippen LogP contribution in [-0.2, 0) is 12.8 Å². The summed E-state index contributed by atoms with van der Waals surface area (Å²) in [7, 11) is 0. The average molecular weight is 251 g/mol. The van der Waals surface area contributed by atoms with Crippen LogP contribution in [0, 0.1) is 0 Å². The topological polar surface area (TPSA) is 26.0 Å². The molecule has 1 heterocycles. The summed E-state index contributed by atoms with van der Waals surface area (Å²) in [6, 6.07) is 14.5. The second kappa shape index (κ2) is 4.88. The number of aromatic nitrogens is 1. The Labute approximate surface area is 113 Å². The lowest BCUT2D eigenvalue weighted by Crippen LogP contribution is -1.88. The maximum atomic E-state index is 5.84. The molecule has 0 saturated heterocycles. The van der Waals surface area contributed by atoms with Crippen LogP contribution >= 0.6 is 0 Å². The van der Waals surface area contributed by atoms with Crippen LogP contribution < -0.4 is 0 Å². The molecule has 0 unspecified atom stereocenters. The second-order valence-corrected chi connectivity index (χ2v) is 4.73. The highest BCUT2D eigenvalue weighted by molar-refractivity contribution is 5.76. The summed E-state index contributed by atoms with van der Waals surface area (Å²) < 4.78 is 5.84.